The highest BCUT2D eigenvalue weighted by molar-refractivity contribution is 5.79. The molecule has 1 aromatic heterocycles. The van der Waals surface area contributed by atoms with Gasteiger partial charge >= 0.3 is 0 Å². The molecule has 1 aliphatic heterocycles. The van der Waals surface area contributed by atoms with E-state index in [0.29, 0.717) is 23.7 Å². The van der Waals surface area contributed by atoms with Crippen molar-refractivity contribution < 1.29 is 4.79 Å². The fraction of sp³-hybridized carbons (Fsp3) is 0.789. The number of fused-ring (bicyclic) bond motifs is 3. The summed E-state index contributed by atoms with van der Waals surface area (Å²) in [4.78, 5) is 15.0. The van der Waals surface area contributed by atoms with Gasteiger partial charge in [0.1, 0.15) is 0 Å². The van der Waals surface area contributed by atoms with E-state index in [1.807, 2.05) is 0 Å². The molecule has 0 bridgehead atoms. The first-order valence-corrected chi connectivity index (χ1v) is 9.31. The lowest BCUT2D eigenvalue weighted by molar-refractivity contribution is -0.135. The van der Waals surface area contributed by atoms with Crippen molar-refractivity contribution in [3.8, 4) is 0 Å². The molecule has 2 fully saturated rings. The molecule has 0 aromatic carbocycles. The standard InChI is InChI=1S/C19H29N3O/c1-19(2,3)22-11-15-9-14-10-21(12-16(14)17(15)20-22)18(23)13-7-5-4-6-8-13/h11,13-14,16H,4-10,12H2,1-3H3/t14-,16+/m1/s1. The van der Waals surface area contributed by atoms with Gasteiger partial charge in [0, 0.05) is 31.1 Å². The zero-order chi connectivity index (χ0) is 16.2. The number of aromatic nitrogens is 2. The fourth-order valence-electron chi connectivity index (χ4n) is 4.69. The molecule has 0 radical (unpaired) electrons. The molecule has 4 nitrogen and oxygen atoms in total. The van der Waals surface area contributed by atoms with Crippen LogP contribution in [-0.4, -0.2) is 33.7 Å². The minimum Gasteiger partial charge on any atom is -0.341 e. The van der Waals surface area contributed by atoms with Gasteiger partial charge in [0.05, 0.1) is 11.2 Å². The molecule has 1 saturated heterocycles. The Labute approximate surface area is 139 Å². The average molecular weight is 315 g/mol. The topological polar surface area (TPSA) is 38.1 Å². The fourth-order valence-corrected chi connectivity index (χ4v) is 4.69. The minimum absolute atomic E-state index is 0.0377. The van der Waals surface area contributed by atoms with Crippen LogP contribution in [0.5, 0.6) is 0 Å². The minimum atomic E-state index is 0.0377. The van der Waals surface area contributed by atoms with E-state index in [9.17, 15) is 4.79 Å². The molecule has 1 saturated carbocycles. The van der Waals surface area contributed by atoms with Crippen molar-refractivity contribution in [3.05, 3.63) is 17.5 Å². The number of amides is 1. The van der Waals surface area contributed by atoms with Crippen LogP contribution in [0.2, 0.25) is 0 Å². The van der Waals surface area contributed by atoms with E-state index >= 15 is 0 Å². The average Bonchev–Trinajstić information content (AvgIpc) is 3.16. The highest BCUT2D eigenvalue weighted by Crippen LogP contribution is 2.43. The number of hydrogen-bond donors (Lipinski definition) is 0. The van der Waals surface area contributed by atoms with Crippen LogP contribution in [0, 0.1) is 11.8 Å². The molecule has 3 aliphatic rings. The van der Waals surface area contributed by atoms with Gasteiger partial charge in [-0.25, -0.2) is 0 Å². The molecule has 0 unspecified atom stereocenters. The third-order valence-electron chi connectivity index (χ3n) is 6.05. The van der Waals surface area contributed by atoms with Crippen molar-refractivity contribution in [2.75, 3.05) is 13.1 Å². The molecule has 4 rings (SSSR count). The second-order valence-corrected chi connectivity index (χ2v) is 8.80. The molecule has 1 amide bonds. The van der Waals surface area contributed by atoms with Gasteiger partial charge in [-0.2, -0.15) is 5.10 Å². The van der Waals surface area contributed by atoms with E-state index in [1.165, 1.54) is 30.5 Å². The summed E-state index contributed by atoms with van der Waals surface area (Å²) in [6, 6.07) is 0. The quantitative estimate of drug-likeness (QED) is 0.797. The third kappa shape index (κ3) is 2.60. The summed E-state index contributed by atoms with van der Waals surface area (Å²) >= 11 is 0. The molecular formula is C19H29N3O. The maximum absolute atomic E-state index is 12.8. The van der Waals surface area contributed by atoms with Crippen molar-refractivity contribution in [1.82, 2.24) is 14.7 Å². The van der Waals surface area contributed by atoms with Crippen LogP contribution in [0.3, 0.4) is 0 Å². The molecule has 4 heteroatoms. The molecule has 2 aliphatic carbocycles. The number of carbonyl (C=O) groups is 1. The van der Waals surface area contributed by atoms with Crippen LogP contribution in [0.1, 0.15) is 70.1 Å². The predicted octanol–water partition coefficient (Wildman–Crippen LogP) is 3.32. The number of nitrogens with zero attached hydrogens (tertiary/aromatic N) is 3. The van der Waals surface area contributed by atoms with Crippen LogP contribution in [0.25, 0.3) is 0 Å². The summed E-state index contributed by atoms with van der Waals surface area (Å²) in [5.41, 5.74) is 2.72. The van der Waals surface area contributed by atoms with E-state index in [4.69, 9.17) is 5.10 Å². The molecule has 23 heavy (non-hydrogen) atoms. The van der Waals surface area contributed by atoms with Gasteiger partial charge in [-0.05, 0) is 51.5 Å². The van der Waals surface area contributed by atoms with Crippen molar-refractivity contribution in [3.63, 3.8) is 0 Å². The normalized spacial score (nSPS) is 28.0. The number of hydrogen-bond acceptors (Lipinski definition) is 2. The van der Waals surface area contributed by atoms with Gasteiger partial charge in [-0.1, -0.05) is 19.3 Å². The Bertz CT molecular complexity index is 607. The number of rotatable bonds is 1. The summed E-state index contributed by atoms with van der Waals surface area (Å²) < 4.78 is 2.11. The van der Waals surface area contributed by atoms with Gasteiger partial charge in [-0.15, -0.1) is 0 Å². The third-order valence-corrected chi connectivity index (χ3v) is 6.05. The van der Waals surface area contributed by atoms with Crippen molar-refractivity contribution in [2.24, 2.45) is 11.8 Å². The van der Waals surface area contributed by atoms with Crippen molar-refractivity contribution in [1.29, 1.82) is 0 Å². The van der Waals surface area contributed by atoms with Gasteiger partial charge in [0.25, 0.3) is 0 Å². The van der Waals surface area contributed by atoms with Crippen LogP contribution in [0.4, 0.5) is 0 Å². The molecule has 1 aromatic rings. The molecule has 126 valence electrons. The van der Waals surface area contributed by atoms with Crippen LogP contribution in [0.15, 0.2) is 6.20 Å². The van der Waals surface area contributed by atoms with Crippen LogP contribution < -0.4 is 0 Å². The highest BCUT2D eigenvalue weighted by Gasteiger charge is 2.44. The molecular weight excluding hydrogens is 286 g/mol. The smallest absolute Gasteiger partial charge is 0.225 e. The lowest BCUT2D eigenvalue weighted by Crippen LogP contribution is -2.36. The first-order valence-electron chi connectivity index (χ1n) is 9.31. The Morgan fingerprint density at radius 3 is 2.61 bits per heavy atom. The van der Waals surface area contributed by atoms with Crippen molar-refractivity contribution >= 4 is 5.91 Å². The largest absolute Gasteiger partial charge is 0.341 e. The van der Waals surface area contributed by atoms with Crippen molar-refractivity contribution in [2.45, 2.75) is 70.8 Å². The predicted molar refractivity (Wildman–Crippen MR) is 90.3 cm³/mol. The summed E-state index contributed by atoms with van der Waals surface area (Å²) in [5, 5.41) is 4.89. The van der Waals surface area contributed by atoms with Crippen LogP contribution in [-0.2, 0) is 16.8 Å². The number of likely N-dealkylation sites (tertiary alicyclic amines) is 1. The Morgan fingerprint density at radius 1 is 1.17 bits per heavy atom. The van der Waals surface area contributed by atoms with E-state index < -0.39 is 0 Å². The summed E-state index contributed by atoms with van der Waals surface area (Å²) in [6.07, 6.45) is 9.33. The van der Waals surface area contributed by atoms with Gasteiger partial charge < -0.3 is 4.90 Å². The second-order valence-electron chi connectivity index (χ2n) is 8.80. The van der Waals surface area contributed by atoms with E-state index in [1.54, 1.807) is 0 Å². The number of carbonyl (C=O) groups excluding carboxylic acids is 1. The summed E-state index contributed by atoms with van der Waals surface area (Å²) in [7, 11) is 0. The maximum Gasteiger partial charge on any atom is 0.225 e. The van der Waals surface area contributed by atoms with E-state index in [-0.39, 0.29) is 5.54 Å². The second kappa shape index (κ2) is 5.35. The Kier molecular flexibility index (Phi) is 3.54. The molecule has 2 heterocycles. The molecule has 0 N–H and O–H groups in total. The van der Waals surface area contributed by atoms with E-state index in [2.05, 4.69) is 36.5 Å². The SMILES string of the molecule is CC(C)(C)n1cc2c(n1)[C@H]1CN(C(=O)C3CCCCC3)C[C@H]1C2. The monoisotopic (exact) mass is 315 g/mol. The zero-order valence-electron chi connectivity index (χ0n) is 14.7. The van der Waals surface area contributed by atoms with Gasteiger partial charge in [-0.3, -0.25) is 9.48 Å². The van der Waals surface area contributed by atoms with Crippen LogP contribution >= 0.6 is 0 Å². The van der Waals surface area contributed by atoms with Gasteiger partial charge in [0.15, 0.2) is 0 Å². The Hall–Kier alpha value is -1.32. The first-order chi connectivity index (χ1) is 10.9. The highest BCUT2D eigenvalue weighted by atomic mass is 16.2. The van der Waals surface area contributed by atoms with Gasteiger partial charge in [0.2, 0.25) is 5.91 Å². The summed E-state index contributed by atoms with van der Waals surface area (Å²) in [6.45, 7) is 8.43. The Morgan fingerprint density at radius 2 is 1.91 bits per heavy atom. The lowest BCUT2D eigenvalue weighted by Gasteiger charge is -2.26. The van der Waals surface area contributed by atoms with E-state index in [0.717, 1.165) is 32.4 Å². The molecule has 2 atom stereocenters. The maximum atomic E-state index is 12.8. The first kappa shape index (κ1) is 15.2. The zero-order valence-corrected chi connectivity index (χ0v) is 14.7. The Balaban J connectivity index is 1.48. The summed E-state index contributed by atoms with van der Waals surface area (Å²) in [5.74, 6) is 1.81. The molecule has 0 spiro atoms. The lowest BCUT2D eigenvalue weighted by atomic mass is 9.88.